The Labute approximate surface area is 226 Å². The average Bonchev–Trinajstić information content (AvgIpc) is 2.86. The number of carbonyl (C=O) groups is 1. The van der Waals surface area contributed by atoms with Crippen molar-refractivity contribution in [1.82, 2.24) is 0 Å². The second kappa shape index (κ2) is 10.4. The lowest BCUT2D eigenvalue weighted by molar-refractivity contribution is 0.0697. The lowest BCUT2D eigenvalue weighted by atomic mass is 10.1. The second-order valence-electron chi connectivity index (χ2n) is 8.35. The molecule has 6 N–H and O–H groups in total. The van der Waals surface area contributed by atoms with Crippen LogP contribution in [0.5, 0.6) is 5.75 Å². The van der Waals surface area contributed by atoms with E-state index in [0.717, 1.165) is 12.1 Å². The molecule has 0 aliphatic heterocycles. The van der Waals surface area contributed by atoms with Gasteiger partial charge in [0.25, 0.3) is 20.2 Å². The molecule has 4 aromatic carbocycles. The van der Waals surface area contributed by atoms with Gasteiger partial charge < -0.3 is 15.9 Å². The van der Waals surface area contributed by atoms with Crippen molar-refractivity contribution in [1.29, 1.82) is 0 Å². The molecule has 0 heterocycles. The number of aromatic carboxylic acids is 1. The number of carboxylic acid groups (broad SMARTS) is 1. The minimum absolute atomic E-state index is 0.0567. The number of phenolic OH excluding ortho intramolecular Hbond substituents is 1. The quantitative estimate of drug-likeness (QED) is 0.104. The summed E-state index contributed by atoms with van der Waals surface area (Å²) < 4.78 is 66.2. The number of carboxylic acids is 1. The third-order valence-corrected chi connectivity index (χ3v) is 7.29. The first kappa shape index (κ1) is 28.2. The van der Waals surface area contributed by atoms with Crippen molar-refractivity contribution in [2.75, 3.05) is 5.73 Å². The van der Waals surface area contributed by atoms with Crippen molar-refractivity contribution in [3.05, 3.63) is 71.8 Å². The van der Waals surface area contributed by atoms with E-state index in [-0.39, 0.29) is 28.0 Å². The summed E-state index contributed by atoms with van der Waals surface area (Å²) in [6, 6.07) is 12.8. The van der Waals surface area contributed by atoms with Crippen LogP contribution in [0.15, 0.2) is 90.9 Å². The normalized spacial score (nSPS) is 12.5. The number of azo groups is 2. The van der Waals surface area contributed by atoms with Gasteiger partial charge in [-0.25, -0.2) is 4.79 Å². The van der Waals surface area contributed by atoms with Gasteiger partial charge in [-0.15, -0.1) is 5.11 Å². The van der Waals surface area contributed by atoms with Crippen LogP contribution in [-0.4, -0.2) is 42.1 Å². The van der Waals surface area contributed by atoms with Crippen molar-refractivity contribution in [2.24, 2.45) is 20.5 Å². The summed E-state index contributed by atoms with van der Waals surface area (Å²) in [5.74, 6) is -1.89. The van der Waals surface area contributed by atoms with Crippen LogP contribution in [0.2, 0.25) is 0 Å². The Morgan fingerprint density at radius 2 is 1.45 bits per heavy atom. The zero-order valence-electron chi connectivity index (χ0n) is 20.3. The highest BCUT2D eigenvalue weighted by atomic mass is 32.2. The molecular formula is C24H19N5O9S2. The number of anilines is 1. The summed E-state index contributed by atoms with van der Waals surface area (Å²) in [7, 11) is -9.82. The van der Waals surface area contributed by atoms with Crippen LogP contribution in [0.4, 0.5) is 28.4 Å². The molecule has 4 aromatic rings. The molecule has 0 aliphatic rings. The van der Waals surface area contributed by atoms with Crippen LogP contribution in [-0.2, 0) is 20.2 Å². The Balaban J connectivity index is 1.72. The molecule has 0 atom stereocenters. The number of nitrogens with zero attached hydrogens (tertiary/aromatic N) is 4. The van der Waals surface area contributed by atoms with E-state index < -0.39 is 47.1 Å². The summed E-state index contributed by atoms with van der Waals surface area (Å²) in [5, 5.41) is 34.8. The highest BCUT2D eigenvalue weighted by molar-refractivity contribution is 7.86. The van der Waals surface area contributed by atoms with Crippen molar-refractivity contribution < 1.29 is 40.9 Å². The molecule has 0 radical (unpaired) electrons. The van der Waals surface area contributed by atoms with Crippen molar-refractivity contribution in [3.8, 4) is 5.75 Å². The Kier molecular flexibility index (Phi) is 7.36. The van der Waals surface area contributed by atoms with Gasteiger partial charge in [-0.1, -0.05) is 6.07 Å². The van der Waals surface area contributed by atoms with Crippen molar-refractivity contribution in [3.63, 3.8) is 0 Å². The van der Waals surface area contributed by atoms with Gasteiger partial charge in [0.2, 0.25) is 0 Å². The average molecular weight is 586 g/mol. The number of nitrogens with two attached hydrogens (primary N) is 1. The van der Waals surface area contributed by atoms with E-state index in [1.807, 2.05) is 0 Å². The molecule has 0 unspecified atom stereocenters. The third-order valence-electron chi connectivity index (χ3n) is 5.57. The monoisotopic (exact) mass is 585 g/mol. The fourth-order valence-corrected chi connectivity index (χ4v) is 4.90. The predicted octanol–water partition coefficient (Wildman–Crippen LogP) is 5.46. The number of hydrogen-bond donors (Lipinski definition) is 5. The van der Waals surface area contributed by atoms with Gasteiger partial charge in [-0.05, 0) is 61.0 Å². The lowest BCUT2D eigenvalue weighted by Gasteiger charge is -2.12. The zero-order chi connectivity index (χ0) is 29.4. The van der Waals surface area contributed by atoms with Gasteiger partial charge in [0.1, 0.15) is 16.3 Å². The van der Waals surface area contributed by atoms with E-state index in [1.54, 1.807) is 25.1 Å². The summed E-state index contributed by atoms with van der Waals surface area (Å²) in [6.45, 7) is 1.70. The van der Waals surface area contributed by atoms with Crippen LogP contribution < -0.4 is 5.73 Å². The standard InChI is InChI=1S/C24H19N5O9S2/c1-12-7-15(5-6-18(12)28-26-14-4-2-3-13(8-14)24(31)32)27-29-19-11-21(40(36,37)38)17-9-16(39(33,34)35)10-20(30)22(17)23(19)25/h2-11,30H,25H2,1H3,(H,31,32)(H,33,34,35)(H,36,37,38). The first-order valence-electron chi connectivity index (χ1n) is 11.0. The van der Waals surface area contributed by atoms with E-state index in [4.69, 9.17) is 10.8 Å². The van der Waals surface area contributed by atoms with Gasteiger partial charge in [0, 0.05) is 11.5 Å². The first-order valence-corrected chi connectivity index (χ1v) is 13.8. The largest absolute Gasteiger partial charge is 0.507 e. The summed E-state index contributed by atoms with van der Waals surface area (Å²) in [5.41, 5.74) is 7.23. The molecule has 0 aliphatic carbocycles. The Morgan fingerprint density at radius 3 is 2.05 bits per heavy atom. The molecule has 0 amide bonds. The van der Waals surface area contributed by atoms with E-state index in [1.165, 1.54) is 24.3 Å². The Morgan fingerprint density at radius 1 is 0.800 bits per heavy atom. The highest BCUT2D eigenvalue weighted by Gasteiger charge is 2.24. The SMILES string of the molecule is Cc1cc(N=Nc2cc(S(=O)(=O)O)c3cc(S(=O)(=O)O)cc(O)c3c2N)ccc1N=Nc1cccc(C(=O)O)c1. The van der Waals surface area contributed by atoms with Gasteiger partial charge in [0.15, 0.2) is 0 Å². The van der Waals surface area contributed by atoms with Crippen LogP contribution in [0.25, 0.3) is 10.8 Å². The number of phenols is 1. The van der Waals surface area contributed by atoms with Crippen LogP contribution in [0.1, 0.15) is 15.9 Å². The first-order chi connectivity index (χ1) is 18.6. The molecule has 14 nitrogen and oxygen atoms in total. The van der Waals surface area contributed by atoms with Gasteiger partial charge in [-0.2, -0.15) is 32.2 Å². The number of aryl methyl sites for hydroxylation is 1. The minimum Gasteiger partial charge on any atom is -0.507 e. The summed E-state index contributed by atoms with van der Waals surface area (Å²) >= 11 is 0. The highest BCUT2D eigenvalue weighted by Crippen LogP contribution is 2.42. The fourth-order valence-electron chi connectivity index (χ4n) is 3.67. The molecule has 0 aromatic heterocycles. The fraction of sp³-hybridized carbons (Fsp3) is 0.0417. The Bertz CT molecular complexity index is 1970. The molecule has 0 fully saturated rings. The molecule has 40 heavy (non-hydrogen) atoms. The number of hydrogen-bond acceptors (Lipinski definition) is 11. The van der Waals surface area contributed by atoms with E-state index in [0.29, 0.717) is 23.0 Å². The number of rotatable bonds is 7. The van der Waals surface area contributed by atoms with E-state index in [9.17, 15) is 35.8 Å². The number of benzene rings is 4. The van der Waals surface area contributed by atoms with Crippen molar-refractivity contribution in [2.45, 2.75) is 16.7 Å². The van der Waals surface area contributed by atoms with Gasteiger partial charge in [-0.3, -0.25) is 9.11 Å². The summed E-state index contributed by atoms with van der Waals surface area (Å²) in [6.07, 6.45) is 0. The summed E-state index contributed by atoms with van der Waals surface area (Å²) in [4.78, 5) is 9.47. The Hall–Kier alpha value is -4.77. The maximum absolute atomic E-state index is 12.1. The minimum atomic E-state index is -4.98. The molecule has 0 saturated carbocycles. The number of aromatic hydroxyl groups is 1. The topological polar surface area (TPSA) is 242 Å². The van der Waals surface area contributed by atoms with Crippen molar-refractivity contribution >= 4 is 65.4 Å². The molecule has 0 bridgehead atoms. The number of nitrogen functional groups attached to an aromatic ring is 1. The maximum atomic E-state index is 12.1. The van der Waals surface area contributed by atoms with Crippen LogP contribution in [0, 0.1) is 6.92 Å². The maximum Gasteiger partial charge on any atom is 0.335 e. The van der Waals surface area contributed by atoms with E-state index >= 15 is 0 Å². The molecule has 206 valence electrons. The van der Waals surface area contributed by atoms with Gasteiger partial charge >= 0.3 is 5.97 Å². The molecule has 0 saturated heterocycles. The second-order valence-corrected chi connectivity index (χ2v) is 11.2. The predicted molar refractivity (Wildman–Crippen MR) is 143 cm³/mol. The third kappa shape index (κ3) is 5.94. The molecule has 0 spiro atoms. The van der Waals surface area contributed by atoms with Crippen LogP contribution in [0.3, 0.4) is 0 Å². The molecular weight excluding hydrogens is 566 g/mol. The molecule has 4 rings (SSSR count). The zero-order valence-corrected chi connectivity index (χ0v) is 21.9. The smallest absolute Gasteiger partial charge is 0.335 e. The van der Waals surface area contributed by atoms with E-state index in [2.05, 4.69) is 20.5 Å². The molecule has 16 heteroatoms. The lowest BCUT2D eigenvalue weighted by Crippen LogP contribution is -2.04. The number of fused-ring (bicyclic) bond motifs is 1. The van der Waals surface area contributed by atoms with Gasteiger partial charge in [0.05, 0.1) is 38.6 Å². The van der Waals surface area contributed by atoms with Crippen LogP contribution >= 0.6 is 0 Å².